The van der Waals surface area contributed by atoms with Crippen LogP contribution in [0.1, 0.15) is 6.42 Å². The summed E-state index contributed by atoms with van der Waals surface area (Å²) < 4.78 is 0. The molecule has 1 aliphatic rings. The van der Waals surface area contributed by atoms with E-state index in [1.807, 2.05) is 38.4 Å². The van der Waals surface area contributed by atoms with Gasteiger partial charge in [-0.05, 0) is 38.4 Å². The molecule has 1 unspecified atom stereocenters. The van der Waals surface area contributed by atoms with Gasteiger partial charge in [-0.1, -0.05) is 0 Å². The zero-order valence-electron chi connectivity index (χ0n) is 11.7. The Morgan fingerprint density at radius 3 is 2.55 bits per heavy atom. The fraction of sp³-hybridized carbons (Fsp3) is 0.429. The number of hydrogen-bond acceptors (Lipinski definition) is 4. The number of benzene rings is 1. The summed E-state index contributed by atoms with van der Waals surface area (Å²) in [5.41, 5.74) is 1.58. The number of amides is 2. The van der Waals surface area contributed by atoms with Crippen LogP contribution >= 0.6 is 12.6 Å². The average Bonchev–Trinajstić information content (AvgIpc) is 2.68. The maximum Gasteiger partial charge on any atom is 0.238 e. The highest BCUT2D eigenvalue weighted by molar-refractivity contribution is 7.81. The summed E-state index contributed by atoms with van der Waals surface area (Å²) >= 11 is 4.33. The van der Waals surface area contributed by atoms with Crippen LogP contribution in [0.4, 0.5) is 11.4 Å². The average molecular weight is 293 g/mol. The van der Waals surface area contributed by atoms with Crippen molar-refractivity contribution in [3.8, 4) is 0 Å². The number of anilines is 2. The van der Waals surface area contributed by atoms with Gasteiger partial charge in [0.1, 0.15) is 0 Å². The number of likely N-dealkylation sites (N-methyl/N-ethyl adjacent to an activating group) is 1. The van der Waals surface area contributed by atoms with Crippen LogP contribution in [0.3, 0.4) is 0 Å². The maximum absolute atomic E-state index is 11.8. The van der Waals surface area contributed by atoms with Crippen LogP contribution in [0.2, 0.25) is 0 Å². The molecular formula is C14H19N3O2S. The molecule has 1 heterocycles. The van der Waals surface area contributed by atoms with Crippen molar-refractivity contribution in [3.63, 3.8) is 0 Å². The zero-order valence-corrected chi connectivity index (χ0v) is 12.6. The van der Waals surface area contributed by atoms with Crippen molar-refractivity contribution in [2.24, 2.45) is 0 Å². The van der Waals surface area contributed by atoms with Crippen LogP contribution in [-0.4, -0.2) is 49.1 Å². The first-order valence-corrected chi connectivity index (χ1v) is 7.00. The van der Waals surface area contributed by atoms with Gasteiger partial charge in [-0.3, -0.25) is 9.59 Å². The second kappa shape index (κ2) is 6.28. The van der Waals surface area contributed by atoms with Crippen LogP contribution in [0.25, 0.3) is 0 Å². The summed E-state index contributed by atoms with van der Waals surface area (Å²) in [5, 5.41) is 2.91. The molecule has 108 valence electrons. The molecule has 20 heavy (non-hydrogen) atoms. The van der Waals surface area contributed by atoms with E-state index in [-0.39, 0.29) is 17.1 Å². The highest BCUT2D eigenvalue weighted by Crippen LogP contribution is 2.25. The predicted molar refractivity (Wildman–Crippen MR) is 83.4 cm³/mol. The minimum absolute atomic E-state index is 0.0598. The minimum Gasteiger partial charge on any atom is -0.325 e. The third-order valence-corrected chi connectivity index (χ3v) is 3.37. The molecule has 1 aliphatic heterocycles. The van der Waals surface area contributed by atoms with Crippen molar-refractivity contribution in [2.75, 3.05) is 37.4 Å². The predicted octanol–water partition coefficient (Wildman–Crippen LogP) is 1.22. The lowest BCUT2D eigenvalue weighted by Crippen LogP contribution is -2.27. The zero-order chi connectivity index (χ0) is 14.7. The molecule has 1 atom stereocenters. The Bertz CT molecular complexity index is 502. The monoisotopic (exact) mass is 293 g/mol. The van der Waals surface area contributed by atoms with Crippen LogP contribution in [-0.2, 0) is 9.59 Å². The Labute approximate surface area is 124 Å². The van der Waals surface area contributed by atoms with E-state index in [2.05, 4.69) is 17.9 Å². The molecule has 1 N–H and O–H groups in total. The first kappa shape index (κ1) is 14.9. The van der Waals surface area contributed by atoms with E-state index in [1.54, 1.807) is 9.80 Å². The van der Waals surface area contributed by atoms with E-state index >= 15 is 0 Å². The van der Waals surface area contributed by atoms with Crippen molar-refractivity contribution in [2.45, 2.75) is 11.7 Å². The van der Waals surface area contributed by atoms with Crippen molar-refractivity contribution in [1.82, 2.24) is 4.90 Å². The molecule has 2 rings (SSSR count). The molecule has 5 nitrogen and oxygen atoms in total. The summed E-state index contributed by atoms with van der Waals surface area (Å²) in [5.74, 6) is 0.0322. The molecule has 1 aromatic carbocycles. The van der Waals surface area contributed by atoms with Crippen molar-refractivity contribution >= 4 is 35.8 Å². The Balaban J connectivity index is 2.00. The van der Waals surface area contributed by atoms with E-state index in [0.717, 1.165) is 11.4 Å². The molecule has 6 heteroatoms. The largest absolute Gasteiger partial charge is 0.325 e. The van der Waals surface area contributed by atoms with Crippen LogP contribution in [0.15, 0.2) is 24.3 Å². The van der Waals surface area contributed by atoms with Gasteiger partial charge < -0.3 is 15.1 Å². The SMILES string of the molecule is CN(C)CC(=O)Nc1ccc(N2CC(S)CC2=O)cc1. The third-order valence-electron chi connectivity index (χ3n) is 3.03. The van der Waals surface area contributed by atoms with Gasteiger partial charge in [0.15, 0.2) is 0 Å². The number of rotatable bonds is 4. The number of nitrogens with zero attached hydrogens (tertiary/aromatic N) is 2. The molecule has 1 saturated heterocycles. The van der Waals surface area contributed by atoms with Gasteiger partial charge in [-0.25, -0.2) is 0 Å². The van der Waals surface area contributed by atoms with Gasteiger partial charge in [0.05, 0.1) is 6.54 Å². The van der Waals surface area contributed by atoms with Gasteiger partial charge in [0.25, 0.3) is 0 Å². The summed E-state index contributed by atoms with van der Waals surface area (Å²) in [4.78, 5) is 26.9. The fourth-order valence-electron chi connectivity index (χ4n) is 2.15. The first-order valence-electron chi connectivity index (χ1n) is 6.49. The highest BCUT2D eigenvalue weighted by Gasteiger charge is 2.28. The molecule has 2 amide bonds. The minimum atomic E-state index is -0.0598. The summed E-state index contributed by atoms with van der Waals surface area (Å²) in [6.45, 7) is 0.974. The fourth-order valence-corrected chi connectivity index (χ4v) is 2.47. The lowest BCUT2D eigenvalue weighted by atomic mass is 10.2. The molecule has 0 radical (unpaired) electrons. The highest BCUT2D eigenvalue weighted by atomic mass is 32.1. The molecular weight excluding hydrogens is 274 g/mol. The number of nitrogens with one attached hydrogen (secondary N) is 1. The number of carbonyl (C=O) groups excluding carboxylic acids is 2. The lowest BCUT2D eigenvalue weighted by molar-refractivity contribution is -0.117. The van der Waals surface area contributed by atoms with E-state index in [9.17, 15) is 9.59 Å². The van der Waals surface area contributed by atoms with Crippen molar-refractivity contribution in [3.05, 3.63) is 24.3 Å². The van der Waals surface area contributed by atoms with Gasteiger partial charge in [0.2, 0.25) is 11.8 Å². The van der Waals surface area contributed by atoms with Crippen LogP contribution < -0.4 is 10.2 Å². The van der Waals surface area contributed by atoms with E-state index in [4.69, 9.17) is 0 Å². The van der Waals surface area contributed by atoms with Gasteiger partial charge >= 0.3 is 0 Å². The van der Waals surface area contributed by atoms with Crippen LogP contribution in [0, 0.1) is 0 Å². The summed E-state index contributed by atoms with van der Waals surface area (Å²) in [6.07, 6.45) is 0.477. The molecule has 0 aromatic heterocycles. The quantitative estimate of drug-likeness (QED) is 0.821. The van der Waals surface area contributed by atoms with Crippen molar-refractivity contribution in [1.29, 1.82) is 0 Å². The third kappa shape index (κ3) is 3.74. The number of carbonyl (C=O) groups is 2. The van der Waals surface area contributed by atoms with E-state index in [1.165, 1.54) is 0 Å². The number of thiol groups is 1. The van der Waals surface area contributed by atoms with Gasteiger partial charge in [-0.2, -0.15) is 12.6 Å². The molecule has 0 spiro atoms. The summed E-state index contributed by atoms with van der Waals surface area (Å²) in [7, 11) is 3.69. The van der Waals surface area contributed by atoms with Gasteiger partial charge in [-0.15, -0.1) is 0 Å². The Kier molecular flexibility index (Phi) is 4.67. The maximum atomic E-state index is 11.8. The molecule has 0 saturated carbocycles. The topological polar surface area (TPSA) is 52.7 Å². The Hall–Kier alpha value is -1.53. The normalized spacial score (nSPS) is 18.7. The second-order valence-corrected chi connectivity index (χ2v) is 5.93. The molecule has 0 bridgehead atoms. The lowest BCUT2D eigenvalue weighted by Gasteiger charge is -2.16. The molecule has 0 aliphatic carbocycles. The summed E-state index contributed by atoms with van der Waals surface area (Å²) in [6, 6.07) is 7.30. The number of hydrogen-bond donors (Lipinski definition) is 2. The first-order chi connectivity index (χ1) is 9.45. The Morgan fingerprint density at radius 1 is 1.40 bits per heavy atom. The molecule has 1 fully saturated rings. The molecule has 1 aromatic rings. The van der Waals surface area contributed by atoms with Crippen molar-refractivity contribution < 1.29 is 9.59 Å². The van der Waals surface area contributed by atoms with Crippen LogP contribution in [0.5, 0.6) is 0 Å². The Morgan fingerprint density at radius 2 is 2.05 bits per heavy atom. The van der Waals surface area contributed by atoms with E-state index < -0.39 is 0 Å². The second-order valence-electron chi connectivity index (χ2n) is 5.20. The standard InChI is InChI=1S/C14H19N3O2S/c1-16(2)9-13(18)15-10-3-5-11(6-4-10)17-8-12(20)7-14(17)19/h3-6,12,20H,7-9H2,1-2H3,(H,15,18). The van der Waals surface area contributed by atoms with E-state index in [0.29, 0.717) is 19.5 Å². The smallest absolute Gasteiger partial charge is 0.238 e. The van der Waals surface area contributed by atoms with Gasteiger partial charge in [0, 0.05) is 29.6 Å².